The normalized spacial score (nSPS) is 10.7. The number of ketones is 1. The quantitative estimate of drug-likeness (QED) is 0.333. The Kier molecular flexibility index (Phi) is 7.01. The van der Waals surface area contributed by atoms with E-state index in [1.807, 2.05) is 47.9 Å². The van der Waals surface area contributed by atoms with Gasteiger partial charge in [0.25, 0.3) is 0 Å². The predicted molar refractivity (Wildman–Crippen MR) is 116 cm³/mol. The highest BCUT2D eigenvalue weighted by Crippen LogP contribution is 2.22. The van der Waals surface area contributed by atoms with Gasteiger partial charge in [-0.15, -0.1) is 0 Å². The molecule has 0 aliphatic rings. The van der Waals surface area contributed by atoms with E-state index in [0.29, 0.717) is 17.7 Å². The monoisotopic (exact) mass is 406 g/mol. The van der Waals surface area contributed by atoms with E-state index in [4.69, 9.17) is 4.74 Å². The molecule has 0 aliphatic carbocycles. The fraction of sp³-hybridized carbons (Fsp3) is 0.292. The second kappa shape index (κ2) is 9.87. The number of hydrogen-bond donors (Lipinski definition) is 1. The Labute approximate surface area is 175 Å². The third-order valence-electron chi connectivity index (χ3n) is 4.98. The molecular formula is C24H26N2O4. The maximum absolute atomic E-state index is 12.6. The molecule has 30 heavy (non-hydrogen) atoms. The summed E-state index contributed by atoms with van der Waals surface area (Å²) in [4.78, 5) is 35.8. The molecule has 0 bridgehead atoms. The van der Waals surface area contributed by atoms with Gasteiger partial charge < -0.3 is 14.6 Å². The van der Waals surface area contributed by atoms with Crippen LogP contribution in [0.5, 0.6) is 0 Å². The highest BCUT2D eigenvalue weighted by molar-refractivity contribution is 6.05. The fourth-order valence-corrected chi connectivity index (χ4v) is 3.38. The standard InChI is InChI=1S/C24H26N2O4/c1-3-26-15-21(20-8-4-5-9-22(20)26)24(29)30-16-23(28)19-12-10-18(11-13-19)7-6-14-25-17(2)27/h4-5,8-13,15H,3,6-7,14,16H2,1-2H3,(H,25,27). The van der Waals surface area contributed by atoms with Crippen LogP contribution in [0.4, 0.5) is 0 Å². The third kappa shape index (κ3) is 5.14. The molecule has 0 saturated heterocycles. The molecule has 0 radical (unpaired) electrons. The van der Waals surface area contributed by atoms with Crippen molar-refractivity contribution in [1.82, 2.24) is 9.88 Å². The van der Waals surface area contributed by atoms with Crippen LogP contribution in [0.1, 0.15) is 46.5 Å². The molecule has 3 aromatic rings. The second-order valence-corrected chi connectivity index (χ2v) is 7.13. The number of Topliss-reactive ketones (excluding diaryl/α,β-unsaturated/α-hetero) is 1. The average molecular weight is 406 g/mol. The summed E-state index contributed by atoms with van der Waals surface area (Å²) >= 11 is 0. The number of hydrogen-bond acceptors (Lipinski definition) is 4. The molecule has 6 heteroatoms. The molecule has 0 unspecified atom stereocenters. The van der Waals surface area contributed by atoms with E-state index >= 15 is 0 Å². The molecule has 0 atom stereocenters. The lowest BCUT2D eigenvalue weighted by atomic mass is 10.1. The van der Waals surface area contributed by atoms with E-state index in [1.165, 1.54) is 6.92 Å². The number of rotatable bonds is 9. The van der Waals surface area contributed by atoms with Gasteiger partial charge in [-0.2, -0.15) is 0 Å². The lowest BCUT2D eigenvalue weighted by Gasteiger charge is -2.06. The second-order valence-electron chi connectivity index (χ2n) is 7.13. The summed E-state index contributed by atoms with van der Waals surface area (Å²) in [6.07, 6.45) is 3.41. The van der Waals surface area contributed by atoms with Crippen molar-refractivity contribution in [3.63, 3.8) is 0 Å². The van der Waals surface area contributed by atoms with Gasteiger partial charge in [-0.25, -0.2) is 4.79 Å². The summed E-state index contributed by atoms with van der Waals surface area (Å²) in [5.74, 6) is -0.779. The van der Waals surface area contributed by atoms with Gasteiger partial charge in [-0.1, -0.05) is 42.5 Å². The van der Waals surface area contributed by atoms with Crippen molar-refractivity contribution in [2.75, 3.05) is 13.2 Å². The Morgan fingerprint density at radius 1 is 1.03 bits per heavy atom. The van der Waals surface area contributed by atoms with Crippen LogP contribution in [0.2, 0.25) is 0 Å². The Morgan fingerprint density at radius 2 is 1.77 bits per heavy atom. The van der Waals surface area contributed by atoms with Gasteiger partial charge in [0, 0.05) is 42.7 Å². The molecule has 0 fully saturated rings. The fourth-order valence-electron chi connectivity index (χ4n) is 3.38. The minimum Gasteiger partial charge on any atom is -0.454 e. The van der Waals surface area contributed by atoms with Crippen molar-refractivity contribution in [1.29, 1.82) is 0 Å². The predicted octanol–water partition coefficient (Wildman–Crippen LogP) is 3.77. The Balaban J connectivity index is 1.56. The molecule has 2 aromatic carbocycles. The lowest BCUT2D eigenvalue weighted by Crippen LogP contribution is -2.21. The highest BCUT2D eigenvalue weighted by Gasteiger charge is 2.17. The van der Waals surface area contributed by atoms with E-state index in [9.17, 15) is 14.4 Å². The zero-order valence-electron chi connectivity index (χ0n) is 17.3. The molecule has 1 heterocycles. The molecule has 156 valence electrons. The first-order valence-electron chi connectivity index (χ1n) is 10.1. The largest absolute Gasteiger partial charge is 0.454 e. The maximum Gasteiger partial charge on any atom is 0.340 e. The van der Waals surface area contributed by atoms with Crippen molar-refractivity contribution in [2.45, 2.75) is 33.2 Å². The van der Waals surface area contributed by atoms with Crippen molar-refractivity contribution in [3.05, 3.63) is 71.4 Å². The van der Waals surface area contributed by atoms with E-state index in [2.05, 4.69) is 5.32 Å². The Morgan fingerprint density at radius 3 is 2.47 bits per heavy atom. The van der Waals surface area contributed by atoms with Crippen LogP contribution in [0.25, 0.3) is 10.9 Å². The summed E-state index contributed by atoms with van der Waals surface area (Å²) in [6, 6.07) is 14.9. The van der Waals surface area contributed by atoms with Crippen LogP contribution >= 0.6 is 0 Å². The molecule has 1 aromatic heterocycles. The summed E-state index contributed by atoms with van der Waals surface area (Å²) in [7, 11) is 0. The van der Waals surface area contributed by atoms with Crippen LogP contribution in [0, 0.1) is 0 Å². The highest BCUT2D eigenvalue weighted by atomic mass is 16.5. The number of para-hydroxylation sites is 1. The molecule has 1 N–H and O–H groups in total. The molecule has 0 aliphatic heterocycles. The minimum atomic E-state index is -0.499. The van der Waals surface area contributed by atoms with Crippen molar-refractivity contribution >= 4 is 28.6 Å². The average Bonchev–Trinajstić information content (AvgIpc) is 3.14. The number of fused-ring (bicyclic) bond motifs is 1. The Hall–Kier alpha value is -3.41. The molecular weight excluding hydrogens is 380 g/mol. The van der Waals surface area contributed by atoms with Crippen LogP contribution in [-0.2, 0) is 22.5 Å². The summed E-state index contributed by atoms with van der Waals surface area (Å²) < 4.78 is 7.28. The molecule has 1 amide bonds. The number of amides is 1. The van der Waals surface area contributed by atoms with Crippen LogP contribution < -0.4 is 5.32 Å². The van der Waals surface area contributed by atoms with Gasteiger partial charge in [0.1, 0.15) is 0 Å². The van der Waals surface area contributed by atoms with Gasteiger partial charge in [-0.3, -0.25) is 9.59 Å². The van der Waals surface area contributed by atoms with Gasteiger partial charge in [0.05, 0.1) is 5.56 Å². The first-order valence-corrected chi connectivity index (χ1v) is 10.1. The first-order chi connectivity index (χ1) is 14.5. The summed E-state index contributed by atoms with van der Waals surface area (Å²) in [5.41, 5.74) is 3.02. The SMILES string of the molecule is CCn1cc(C(=O)OCC(=O)c2ccc(CCCNC(C)=O)cc2)c2ccccc21. The van der Waals surface area contributed by atoms with E-state index < -0.39 is 5.97 Å². The zero-order chi connectivity index (χ0) is 21.5. The number of aryl methyl sites for hydroxylation is 2. The van der Waals surface area contributed by atoms with Crippen molar-refractivity contribution in [3.8, 4) is 0 Å². The van der Waals surface area contributed by atoms with Crippen LogP contribution in [-0.4, -0.2) is 35.4 Å². The van der Waals surface area contributed by atoms with Gasteiger partial charge in [-0.05, 0) is 31.4 Å². The number of carbonyl (C=O) groups is 3. The van der Waals surface area contributed by atoms with E-state index in [1.54, 1.807) is 18.3 Å². The number of nitrogens with one attached hydrogen (secondary N) is 1. The minimum absolute atomic E-state index is 0.0373. The number of esters is 1. The molecule has 0 spiro atoms. The smallest absolute Gasteiger partial charge is 0.340 e. The number of aromatic nitrogens is 1. The van der Waals surface area contributed by atoms with Crippen molar-refractivity contribution in [2.24, 2.45) is 0 Å². The molecule has 3 rings (SSSR count). The van der Waals surface area contributed by atoms with Gasteiger partial charge in [0.2, 0.25) is 5.91 Å². The summed E-state index contributed by atoms with van der Waals surface area (Å²) in [5, 5.41) is 3.58. The number of carbonyl (C=O) groups excluding carboxylic acids is 3. The van der Waals surface area contributed by atoms with Crippen LogP contribution in [0.3, 0.4) is 0 Å². The number of ether oxygens (including phenoxy) is 1. The molecule has 0 saturated carbocycles. The van der Waals surface area contributed by atoms with E-state index in [0.717, 1.165) is 35.9 Å². The third-order valence-corrected chi connectivity index (χ3v) is 4.98. The number of nitrogens with zero attached hydrogens (tertiary/aromatic N) is 1. The van der Waals surface area contributed by atoms with Crippen LogP contribution in [0.15, 0.2) is 54.7 Å². The summed E-state index contributed by atoms with van der Waals surface area (Å²) in [6.45, 7) is 4.57. The number of benzene rings is 2. The first kappa shape index (κ1) is 21.3. The van der Waals surface area contributed by atoms with Crippen molar-refractivity contribution < 1.29 is 19.1 Å². The van der Waals surface area contributed by atoms with E-state index in [-0.39, 0.29) is 18.3 Å². The lowest BCUT2D eigenvalue weighted by molar-refractivity contribution is -0.118. The zero-order valence-corrected chi connectivity index (χ0v) is 17.3. The molecule has 6 nitrogen and oxygen atoms in total. The van der Waals surface area contributed by atoms with Gasteiger partial charge in [0.15, 0.2) is 12.4 Å². The topological polar surface area (TPSA) is 77.4 Å². The Bertz CT molecular complexity index is 1050. The van der Waals surface area contributed by atoms with Gasteiger partial charge >= 0.3 is 5.97 Å². The maximum atomic E-state index is 12.6.